The summed E-state index contributed by atoms with van der Waals surface area (Å²) in [6.45, 7) is 3.48. The third kappa shape index (κ3) is 4.02. The molecule has 0 saturated heterocycles. The van der Waals surface area contributed by atoms with Gasteiger partial charge in [0, 0.05) is 56.2 Å². The van der Waals surface area contributed by atoms with Crippen LogP contribution in [0, 0.1) is 12.8 Å². The minimum atomic E-state index is 0.0429. The van der Waals surface area contributed by atoms with Gasteiger partial charge < -0.3 is 14.4 Å². The van der Waals surface area contributed by atoms with E-state index in [2.05, 4.69) is 35.2 Å². The second-order valence-corrected chi connectivity index (χ2v) is 6.76. The van der Waals surface area contributed by atoms with E-state index in [0.717, 1.165) is 30.2 Å². The lowest BCUT2D eigenvalue weighted by molar-refractivity contribution is -0.121. The summed E-state index contributed by atoms with van der Waals surface area (Å²) >= 11 is 0. The number of hydrogen-bond acceptors (Lipinski definition) is 7. The molecular formula is C18H21N7O2. The maximum absolute atomic E-state index is 12.1. The van der Waals surface area contributed by atoms with E-state index in [-0.39, 0.29) is 5.91 Å². The molecule has 0 fully saturated rings. The van der Waals surface area contributed by atoms with Gasteiger partial charge in [-0.1, -0.05) is 5.16 Å². The number of hydrogen-bond donors (Lipinski definition) is 1. The monoisotopic (exact) mass is 367 g/mol. The summed E-state index contributed by atoms with van der Waals surface area (Å²) in [5.41, 5.74) is 0.812. The molecule has 27 heavy (non-hydrogen) atoms. The van der Waals surface area contributed by atoms with E-state index in [4.69, 9.17) is 4.52 Å². The summed E-state index contributed by atoms with van der Waals surface area (Å²) in [7, 11) is 0. The molecule has 0 bridgehead atoms. The van der Waals surface area contributed by atoms with Crippen LogP contribution in [0.4, 0.5) is 0 Å². The molecule has 4 heterocycles. The van der Waals surface area contributed by atoms with Gasteiger partial charge in [-0.2, -0.15) is 4.98 Å². The van der Waals surface area contributed by atoms with E-state index in [1.807, 2.05) is 19.1 Å². The Hall–Kier alpha value is -3.10. The van der Waals surface area contributed by atoms with E-state index < -0.39 is 0 Å². The van der Waals surface area contributed by atoms with E-state index in [9.17, 15) is 4.79 Å². The molecule has 1 aliphatic heterocycles. The molecule has 1 atom stereocenters. The normalized spacial score (nSPS) is 15.7. The van der Waals surface area contributed by atoms with Gasteiger partial charge in [-0.15, -0.1) is 10.2 Å². The van der Waals surface area contributed by atoms with Crippen molar-refractivity contribution in [3.8, 4) is 11.4 Å². The number of carbonyl (C=O) groups excluding carboxylic acids is 1. The molecule has 9 heteroatoms. The Morgan fingerprint density at radius 2 is 2.33 bits per heavy atom. The van der Waals surface area contributed by atoms with Gasteiger partial charge in [0.25, 0.3) is 0 Å². The van der Waals surface area contributed by atoms with E-state index in [1.54, 1.807) is 12.4 Å². The molecule has 9 nitrogen and oxygen atoms in total. The molecule has 1 N–H and O–H groups in total. The molecule has 0 aromatic carbocycles. The first kappa shape index (κ1) is 17.3. The van der Waals surface area contributed by atoms with E-state index in [1.165, 1.54) is 0 Å². The first-order valence-corrected chi connectivity index (χ1v) is 9.07. The Bertz CT molecular complexity index is 919. The minimum absolute atomic E-state index is 0.0429. The zero-order valence-corrected chi connectivity index (χ0v) is 15.1. The van der Waals surface area contributed by atoms with Crippen molar-refractivity contribution in [2.45, 2.75) is 39.2 Å². The largest absolute Gasteiger partial charge is 0.356 e. The molecule has 4 rings (SSSR count). The number of amides is 1. The van der Waals surface area contributed by atoms with Gasteiger partial charge in [0.1, 0.15) is 11.6 Å². The van der Waals surface area contributed by atoms with E-state index >= 15 is 0 Å². The second kappa shape index (κ2) is 7.65. The smallest absolute Gasteiger partial charge is 0.226 e. The highest BCUT2D eigenvalue weighted by Crippen LogP contribution is 2.19. The fraction of sp³-hybridized carbons (Fsp3) is 0.444. The first-order valence-electron chi connectivity index (χ1n) is 9.07. The number of carbonyl (C=O) groups is 1. The van der Waals surface area contributed by atoms with Crippen molar-refractivity contribution in [2.75, 3.05) is 6.54 Å². The predicted molar refractivity (Wildman–Crippen MR) is 95.4 cm³/mol. The van der Waals surface area contributed by atoms with Gasteiger partial charge in [0.15, 0.2) is 0 Å². The summed E-state index contributed by atoms with van der Waals surface area (Å²) < 4.78 is 7.36. The lowest BCUT2D eigenvalue weighted by Crippen LogP contribution is -2.30. The van der Waals surface area contributed by atoms with Gasteiger partial charge in [-0.05, 0) is 25.5 Å². The Kier molecular flexibility index (Phi) is 4.91. The number of fused-ring (bicyclic) bond motifs is 1. The average molecular weight is 367 g/mol. The summed E-state index contributed by atoms with van der Waals surface area (Å²) in [5.74, 6) is 3.42. The third-order valence-electron chi connectivity index (χ3n) is 4.69. The molecule has 0 aliphatic carbocycles. The highest BCUT2D eigenvalue weighted by Gasteiger charge is 2.24. The molecule has 1 unspecified atom stereocenters. The van der Waals surface area contributed by atoms with Crippen LogP contribution in [0.2, 0.25) is 0 Å². The Morgan fingerprint density at radius 3 is 3.15 bits per heavy atom. The molecule has 0 spiro atoms. The number of aryl methyl sites for hydroxylation is 2. The number of rotatable bonds is 7. The maximum atomic E-state index is 12.1. The lowest BCUT2D eigenvalue weighted by atomic mass is 10.1. The first-order chi connectivity index (χ1) is 13.2. The number of nitrogens with one attached hydrogen (secondary N) is 1. The molecule has 1 aliphatic rings. The van der Waals surface area contributed by atoms with Crippen molar-refractivity contribution in [1.29, 1.82) is 0 Å². The highest BCUT2D eigenvalue weighted by atomic mass is 16.5. The minimum Gasteiger partial charge on any atom is -0.356 e. The fourth-order valence-electron chi connectivity index (χ4n) is 3.25. The van der Waals surface area contributed by atoms with Crippen molar-refractivity contribution in [3.05, 3.63) is 42.1 Å². The summed E-state index contributed by atoms with van der Waals surface area (Å²) in [5, 5.41) is 15.2. The van der Waals surface area contributed by atoms with Crippen LogP contribution < -0.4 is 5.32 Å². The van der Waals surface area contributed by atoms with Crippen LogP contribution >= 0.6 is 0 Å². The zero-order valence-electron chi connectivity index (χ0n) is 15.1. The SMILES string of the molecule is Cc1nnc2n1CC(CNC(=O)CCCc1nc(-c3cccnc3)no1)C2. The molecular weight excluding hydrogens is 346 g/mol. The maximum Gasteiger partial charge on any atom is 0.226 e. The van der Waals surface area contributed by atoms with Crippen molar-refractivity contribution in [1.82, 2.24) is 35.2 Å². The number of aromatic nitrogens is 6. The van der Waals surface area contributed by atoms with Crippen LogP contribution in [-0.4, -0.2) is 42.3 Å². The Balaban J connectivity index is 1.18. The Morgan fingerprint density at radius 1 is 1.41 bits per heavy atom. The van der Waals surface area contributed by atoms with Crippen molar-refractivity contribution < 1.29 is 9.32 Å². The molecule has 0 saturated carbocycles. The van der Waals surface area contributed by atoms with Gasteiger partial charge in [0.2, 0.25) is 17.6 Å². The molecule has 140 valence electrons. The van der Waals surface area contributed by atoms with E-state index in [0.29, 0.717) is 43.4 Å². The van der Waals surface area contributed by atoms with Crippen LogP contribution in [-0.2, 0) is 24.2 Å². The standard InChI is InChI=1S/C18H21N7O2/c1-12-22-23-15-8-13(11-25(12)15)9-20-16(26)5-2-6-17-21-18(24-27-17)14-4-3-7-19-10-14/h3-4,7,10,13H,2,5-6,8-9,11H2,1H3,(H,20,26). The average Bonchev–Trinajstić information content (AvgIpc) is 3.39. The van der Waals surface area contributed by atoms with Crippen LogP contribution in [0.1, 0.15) is 30.4 Å². The number of pyridine rings is 1. The second-order valence-electron chi connectivity index (χ2n) is 6.76. The van der Waals surface area contributed by atoms with Gasteiger partial charge in [-0.25, -0.2) is 0 Å². The van der Waals surface area contributed by atoms with Gasteiger partial charge in [0.05, 0.1) is 0 Å². The molecule has 3 aromatic heterocycles. The summed E-state index contributed by atoms with van der Waals surface area (Å²) in [6.07, 6.45) is 5.91. The van der Waals surface area contributed by atoms with Gasteiger partial charge >= 0.3 is 0 Å². The summed E-state index contributed by atoms with van der Waals surface area (Å²) in [4.78, 5) is 20.5. The molecule has 0 radical (unpaired) electrons. The van der Waals surface area contributed by atoms with Crippen LogP contribution in [0.15, 0.2) is 29.0 Å². The summed E-state index contributed by atoms with van der Waals surface area (Å²) in [6, 6.07) is 3.70. The predicted octanol–water partition coefficient (Wildman–Crippen LogP) is 1.34. The van der Waals surface area contributed by atoms with Crippen LogP contribution in [0.5, 0.6) is 0 Å². The zero-order chi connectivity index (χ0) is 18.6. The van der Waals surface area contributed by atoms with Crippen LogP contribution in [0.3, 0.4) is 0 Å². The lowest BCUT2D eigenvalue weighted by Gasteiger charge is -2.10. The highest BCUT2D eigenvalue weighted by molar-refractivity contribution is 5.75. The fourth-order valence-corrected chi connectivity index (χ4v) is 3.25. The van der Waals surface area contributed by atoms with Crippen molar-refractivity contribution >= 4 is 5.91 Å². The van der Waals surface area contributed by atoms with Gasteiger partial charge in [-0.3, -0.25) is 9.78 Å². The topological polar surface area (TPSA) is 112 Å². The molecule has 3 aromatic rings. The number of nitrogens with zero attached hydrogens (tertiary/aromatic N) is 6. The third-order valence-corrected chi connectivity index (χ3v) is 4.69. The van der Waals surface area contributed by atoms with Crippen molar-refractivity contribution in [3.63, 3.8) is 0 Å². The van der Waals surface area contributed by atoms with Crippen molar-refractivity contribution in [2.24, 2.45) is 5.92 Å². The quantitative estimate of drug-likeness (QED) is 0.671. The Labute approximate surface area is 156 Å². The molecule has 1 amide bonds. The van der Waals surface area contributed by atoms with Crippen LogP contribution in [0.25, 0.3) is 11.4 Å².